The summed E-state index contributed by atoms with van der Waals surface area (Å²) in [5.74, 6) is -6.18. The van der Waals surface area contributed by atoms with Crippen molar-refractivity contribution in [1.29, 1.82) is 0 Å². The van der Waals surface area contributed by atoms with Crippen molar-refractivity contribution in [3.05, 3.63) is 12.2 Å². The van der Waals surface area contributed by atoms with Gasteiger partial charge < -0.3 is 20.4 Å². The van der Waals surface area contributed by atoms with E-state index in [1.807, 2.05) is 0 Å². The lowest BCUT2D eigenvalue weighted by molar-refractivity contribution is -0.176. The molecule has 0 saturated heterocycles. The van der Waals surface area contributed by atoms with E-state index in [2.05, 4.69) is 19.1 Å². The van der Waals surface area contributed by atoms with E-state index in [-0.39, 0.29) is 6.42 Å². The van der Waals surface area contributed by atoms with Gasteiger partial charge in [0.05, 0.1) is 0 Å². The molecule has 0 aromatic heterocycles. The van der Waals surface area contributed by atoms with E-state index in [1.165, 1.54) is 77.6 Å². The minimum atomic E-state index is -2.70. The van der Waals surface area contributed by atoms with Crippen molar-refractivity contribution in [3.63, 3.8) is 0 Å². The molecule has 0 fully saturated rings. The highest BCUT2D eigenvalue weighted by Crippen LogP contribution is 2.25. The molecule has 33 heavy (non-hydrogen) atoms. The molecule has 4 N–H and O–H groups in total. The molecule has 192 valence electrons. The first-order valence-corrected chi connectivity index (χ1v) is 12.2. The van der Waals surface area contributed by atoms with Gasteiger partial charge >= 0.3 is 23.9 Å². The van der Waals surface area contributed by atoms with Crippen LogP contribution in [0.15, 0.2) is 12.2 Å². The van der Waals surface area contributed by atoms with Crippen LogP contribution < -0.4 is 0 Å². The van der Waals surface area contributed by atoms with Crippen LogP contribution in [0.3, 0.4) is 0 Å². The lowest BCUT2D eigenvalue weighted by Crippen LogP contribution is -2.46. The van der Waals surface area contributed by atoms with Gasteiger partial charge in [-0.3, -0.25) is 19.2 Å². The topological polar surface area (TPSA) is 149 Å². The summed E-state index contributed by atoms with van der Waals surface area (Å²) in [6, 6.07) is 0. The van der Waals surface area contributed by atoms with E-state index in [0.717, 1.165) is 12.8 Å². The number of aliphatic carboxylic acids is 4. The second-order valence-electron chi connectivity index (χ2n) is 8.30. The molecule has 0 aliphatic heterocycles. The van der Waals surface area contributed by atoms with Gasteiger partial charge in [-0.2, -0.15) is 0 Å². The molecular weight excluding hydrogens is 428 g/mol. The molecule has 0 aromatic rings. The lowest BCUT2D eigenvalue weighted by atomic mass is 9.83. The Labute approximate surface area is 198 Å². The summed E-state index contributed by atoms with van der Waals surface area (Å²) in [6.07, 6.45) is 21.0. The molecular formula is C25H44O8. The molecule has 0 bridgehead atoms. The minimum Gasteiger partial charge on any atom is -0.481 e. The van der Waals surface area contributed by atoms with Gasteiger partial charge in [-0.25, -0.2) is 0 Å². The third kappa shape index (κ3) is 16.8. The standard InChI is InChI=1S/C18H34O2.C7H10O6/c1-2-3-4-5-6-7-8-9-10-11-12-13-14-15-16-17-18(19)20;1-2-3-7(4(8)9,5(10)11)6(12)13/h9-10H,2-8,11-17H2,1H3,(H,19,20);2-3H2,1H3,(H,8,9)(H,10,11)(H,12,13)/b10-9-;. The van der Waals surface area contributed by atoms with Crippen molar-refractivity contribution in [1.82, 2.24) is 0 Å². The smallest absolute Gasteiger partial charge is 0.332 e. The zero-order chi connectivity index (χ0) is 25.5. The van der Waals surface area contributed by atoms with Crippen molar-refractivity contribution in [2.75, 3.05) is 0 Å². The Morgan fingerprint density at radius 2 is 0.970 bits per heavy atom. The van der Waals surface area contributed by atoms with Gasteiger partial charge in [-0.05, 0) is 38.5 Å². The average molecular weight is 473 g/mol. The van der Waals surface area contributed by atoms with Crippen molar-refractivity contribution in [3.8, 4) is 0 Å². The molecule has 0 rings (SSSR count). The quantitative estimate of drug-likeness (QED) is 0.0938. The van der Waals surface area contributed by atoms with E-state index in [9.17, 15) is 19.2 Å². The summed E-state index contributed by atoms with van der Waals surface area (Å²) in [6.45, 7) is 3.78. The summed E-state index contributed by atoms with van der Waals surface area (Å²) in [4.78, 5) is 41.9. The molecule has 0 radical (unpaired) electrons. The summed E-state index contributed by atoms with van der Waals surface area (Å²) < 4.78 is 0. The van der Waals surface area contributed by atoms with Gasteiger partial charge in [0.1, 0.15) is 0 Å². The molecule has 0 spiro atoms. The number of carboxylic acids is 4. The Hall–Kier alpha value is -2.38. The lowest BCUT2D eigenvalue weighted by Gasteiger charge is -2.18. The first-order valence-electron chi connectivity index (χ1n) is 12.2. The monoisotopic (exact) mass is 472 g/mol. The minimum absolute atomic E-state index is 0.172. The largest absolute Gasteiger partial charge is 0.481 e. The molecule has 0 aromatic carbocycles. The van der Waals surface area contributed by atoms with Crippen LogP contribution in [0.5, 0.6) is 0 Å². The molecule has 0 unspecified atom stereocenters. The van der Waals surface area contributed by atoms with E-state index >= 15 is 0 Å². The van der Waals surface area contributed by atoms with Crippen LogP contribution in [-0.2, 0) is 19.2 Å². The molecule has 0 amide bonds. The summed E-state index contributed by atoms with van der Waals surface area (Å²) in [5, 5.41) is 34.1. The molecule has 8 heteroatoms. The Morgan fingerprint density at radius 1 is 0.576 bits per heavy atom. The number of unbranched alkanes of at least 4 members (excludes halogenated alkanes) is 11. The number of carbonyl (C=O) groups is 4. The maximum atomic E-state index is 10.5. The fraction of sp³-hybridized carbons (Fsp3) is 0.760. The number of allylic oxidation sites excluding steroid dienone is 2. The van der Waals surface area contributed by atoms with Gasteiger partial charge in [-0.1, -0.05) is 83.8 Å². The highest BCUT2D eigenvalue weighted by atomic mass is 16.4. The fourth-order valence-corrected chi connectivity index (χ4v) is 3.32. The van der Waals surface area contributed by atoms with E-state index in [4.69, 9.17) is 20.4 Å². The molecule has 0 aliphatic carbocycles. The van der Waals surface area contributed by atoms with Gasteiger partial charge in [0.15, 0.2) is 0 Å². The highest BCUT2D eigenvalue weighted by Gasteiger charge is 2.53. The van der Waals surface area contributed by atoms with Crippen LogP contribution in [0.4, 0.5) is 0 Å². The first kappa shape index (κ1) is 32.8. The highest BCUT2D eigenvalue weighted by molar-refractivity contribution is 6.16. The van der Waals surface area contributed by atoms with Crippen LogP contribution in [0.25, 0.3) is 0 Å². The number of carboxylic acid groups (broad SMARTS) is 4. The second kappa shape index (κ2) is 21.5. The third-order valence-electron chi connectivity index (χ3n) is 5.37. The van der Waals surface area contributed by atoms with Crippen LogP contribution >= 0.6 is 0 Å². The normalized spacial score (nSPS) is 11.1. The number of hydrogen-bond donors (Lipinski definition) is 4. The van der Waals surface area contributed by atoms with Gasteiger partial charge in [0.2, 0.25) is 0 Å². The molecule has 8 nitrogen and oxygen atoms in total. The molecule has 0 heterocycles. The molecule has 0 atom stereocenters. The maximum Gasteiger partial charge on any atom is 0.332 e. The van der Waals surface area contributed by atoms with Crippen LogP contribution in [0.2, 0.25) is 0 Å². The predicted octanol–water partition coefficient (Wildman–Crippen LogP) is 6.14. The Bertz CT molecular complexity index is 547. The van der Waals surface area contributed by atoms with Crippen LogP contribution in [0.1, 0.15) is 117 Å². The first-order chi connectivity index (χ1) is 15.7. The molecule has 0 saturated carbocycles. The van der Waals surface area contributed by atoms with Gasteiger partial charge in [0, 0.05) is 6.42 Å². The zero-order valence-corrected chi connectivity index (χ0v) is 20.4. The van der Waals surface area contributed by atoms with Crippen molar-refractivity contribution < 1.29 is 39.6 Å². The van der Waals surface area contributed by atoms with Gasteiger partial charge in [0.25, 0.3) is 5.41 Å². The van der Waals surface area contributed by atoms with Crippen LogP contribution in [0, 0.1) is 5.41 Å². The number of hydrogen-bond acceptors (Lipinski definition) is 4. The maximum absolute atomic E-state index is 10.5. The van der Waals surface area contributed by atoms with Crippen molar-refractivity contribution in [2.45, 2.75) is 117 Å². The Morgan fingerprint density at radius 3 is 1.30 bits per heavy atom. The van der Waals surface area contributed by atoms with Crippen LogP contribution in [-0.4, -0.2) is 44.3 Å². The Kier molecular flexibility index (Phi) is 21.3. The fourth-order valence-electron chi connectivity index (χ4n) is 3.32. The third-order valence-corrected chi connectivity index (χ3v) is 5.37. The average Bonchev–Trinajstić information content (AvgIpc) is 2.74. The Balaban J connectivity index is 0. The summed E-state index contributed by atoms with van der Waals surface area (Å²) >= 11 is 0. The van der Waals surface area contributed by atoms with Crippen molar-refractivity contribution in [2.24, 2.45) is 5.41 Å². The summed E-state index contributed by atoms with van der Waals surface area (Å²) in [7, 11) is 0. The number of rotatable bonds is 20. The summed E-state index contributed by atoms with van der Waals surface area (Å²) in [5.41, 5.74) is -2.70. The van der Waals surface area contributed by atoms with Gasteiger partial charge in [-0.15, -0.1) is 0 Å². The predicted molar refractivity (Wildman–Crippen MR) is 127 cm³/mol. The van der Waals surface area contributed by atoms with E-state index in [1.54, 1.807) is 0 Å². The zero-order valence-electron chi connectivity index (χ0n) is 20.4. The van der Waals surface area contributed by atoms with E-state index < -0.39 is 35.7 Å². The van der Waals surface area contributed by atoms with Crippen molar-refractivity contribution >= 4 is 23.9 Å². The SMILES string of the molecule is CCCC(C(=O)O)(C(=O)O)C(=O)O.CCCCCCCC/C=C\CCCCCCCC(=O)O. The second-order valence-corrected chi connectivity index (χ2v) is 8.30. The van der Waals surface area contributed by atoms with E-state index in [0.29, 0.717) is 6.42 Å². The molecule has 0 aliphatic rings.